The van der Waals surface area contributed by atoms with Crippen LogP contribution in [0.1, 0.15) is 33.0 Å². The van der Waals surface area contributed by atoms with Crippen molar-refractivity contribution in [3.8, 4) is 0 Å². The summed E-state index contributed by atoms with van der Waals surface area (Å²) < 4.78 is 0. The Labute approximate surface area is 191 Å². The molecule has 2 unspecified atom stereocenters. The Balaban J connectivity index is 1.57. The number of anilines is 2. The van der Waals surface area contributed by atoms with Gasteiger partial charge in [0.1, 0.15) is 10.8 Å². The molecule has 4 rings (SSSR count). The number of rotatable bonds is 5. The second-order valence-corrected chi connectivity index (χ2v) is 9.17. The van der Waals surface area contributed by atoms with Crippen molar-refractivity contribution in [2.24, 2.45) is 0 Å². The third kappa shape index (κ3) is 4.78. The third-order valence-corrected chi connectivity index (χ3v) is 6.78. The van der Waals surface area contributed by atoms with Crippen LogP contribution in [0.5, 0.6) is 0 Å². The van der Waals surface area contributed by atoms with Crippen molar-refractivity contribution in [1.29, 1.82) is 0 Å². The topological polar surface area (TPSA) is 49.4 Å². The molecule has 2 atom stereocenters. The van der Waals surface area contributed by atoms with Crippen LogP contribution in [0, 0.1) is 13.8 Å². The van der Waals surface area contributed by atoms with Gasteiger partial charge in [0, 0.05) is 11.4 Å². The average molecular weight is 451 g/mol. The van der Waals surface area contributed by atoms with Gasteiger partial charge in [0.25, 0.3) is 0 Å². The minimum atomic E-state index is -0.779. The number of benzene rings is 3. The number of carbonyl (C=O) groups excluding carboxylic acids is 2. The Morgan fingerprint density at radius 2 is 1.74 bits per heavy atom. The second-order valence-electron chi connectivity index (χ2n) is 7.66. The molecule has 1 saturated heterocycles. The van der Waals surface area contributed by atoms with Gasteiger partial charge in [-0.3, -0.25) is 14.5 Å². The van der Waals surface area contributed by atoms with E-state index in [0.29, 0.717) is 11.4 Å². The normalized spacial score (nSPS) is 16.9. The zero-order valence-electron chi connectivity index (χ0n) is 17.3. The molecule has 158 valence electrons. The van der Waals surface area contributed by atoms with E-state index >= 15 is 0 Å². The molecule has 0 spiro atoms. The molecule has 1 N–H and O–H groups in total. The smallest absolute Gasteiger partial charge is 0.246 e. The van der Waals surface area contributed by atoms with Gasteiger partial charge in [-0.05, 0) is 60.4 Å². The highest BCUT2D eigenvalue weighted by molar-refractivity contribution is 8.00. The van der Waals surface area contributed by atoms with Gasteiger partial charge in [-0.25, -0.2) is 0 Å². The number of alkyl halides is 1. The lowest BCUT2D eigenvalue weighted by Gasteiger charge is -2.25. The first-order valence-electron chi connectivity index (χ1n) is 10.0. The molecular weight excluding hydrogens is 428 g/mol. The van der Waals surface area contributed by atoms with Crippen LogP contribution in [0.4, 0.5) is 11.4 Å². The average Bonchev–Trinajstić information content (AvgIpc) is 3.15. The van der Waals surface area contributed by atoms with Gasteiger partial charge in [0.05, 0.1) is 5.75 Å². The third-order valence-electron chi connectivity index (χ3n) is 5.11. The summed E-state index contributed by atoms with van der Waals surface area (Å²) >= 11 is 7.94. The van der Waals surface area contributed by atoms with Crippen molar-refractivity contribution in [3.05, 3.63) is 95.1 Å². The Kier molecular flexibility index (Phi) is 6.35. The largest absolute Gasteiger partial charge is 0.324 e. The lowest BCUT2D eigenvalue weighted by atomic mass is 10.1. The van der Waals surface area contributed by atoms with Crippen molar-refractivity contribution >= 4 is 46.6 Å². The number of carbonyl (C=O) groups is 2. The summed E-state index contributed by atoms with van der Waals surface area (Å²) in [5.74, 6) is 0.220. The zero-order chi connectivity index (χ0) is 22.0. The molecule has 3 aromatic carbocycles. The van der Waals surface area contributed by atoms with Crippen LogP contribution in [0.15, 0.2) is 72.8 Å². The summed E-state index contributed by atoms with van der Waals surface area (Å²) in [6.45, 7) is 4.06. The number of nitrogens with one attached hydrogen (secondary N) is 1. The zero-order valence-corrected chi connectivity index (χ0v) is 18.9. The number of nitrogens with zero attached hydrogens (tertiary/aromatic N) is 1. The molecule has 6 heteroatoms. The lowest BCUT2D eigenvalue weighted by molar-refractivity contribution is -0.116. The van der Waals surface area contributed by atoms with Crippen molar-refractivity contribution in [3.63, 3.8) is 0 Å². The van der Waals surface area contributed by atoms with Crippen LogP contribution in [-0.2, 0) is 9.59 Å². The Bertz CT molecular complexity index is 1100. The van der Waals surface area contributed by atoms with Crippen molar-refractivity contribution in [2.45, 2.75) is 24.6 Å². The molecule has 1 fully saturated rings. The first kappa shape index (κ1) is 21.5. The van der Waals surface area contributed by atoms with Crippen LogP contribution < -0.4 is 10.2 Å². The van der Waals surface area contributed by atoms with E-state index in [1.54, 1.807) is 11.8 Å². The van der Waals surface area contributed by atoms with Crippen LogP contribution in [0.25, 0.3) is 0 Å². The Morgan fingerprint density at radius 3 is 2.45 bits per heavy atom. The van der Waals surface area contributed by atoms with Crippen molar-refractivity contribution in [2.75, 3.05) is 16.0 Å². The molecule has 0 radical (unpaired) electrons. The molecule has 0 bridgehead atoms. The van der Waals surface area contributed by atoms with Crippen molar-refractivity contribution < 1.29 is 9.59 Å². The highest BCUT2D eigenvalue weighted by Gasteiger charge is 2.34. The highest BCUT2D eigenvalue weighted by atomic mass is 35.5. The summed E-state index contributed by atoms with van der Waals surface area (Å²) in [5.41, 5.74) is 5.50. The van der Waals surface area contributed by atoms with Crippen LogP contribution in [0.3, 0.4) is 0 Å². The minimum Gasteiger partial charge on any atom is -0.324 e. The van der Waals surface area contributed by atoms with E-state index in [-0.39, 0.29) is 17.2 Å². The van der Waals surface area contributed by atoms with Gasteiger partial charge < -0.3 is 5.32 Å². The number of aryl methyl sites for hydroxylation is 2. The molecule has 1 aliphatic rings. The van der Waals surface area contributed by atoms with Gasteiger partial charge >= 0.3 is 0 Å². The van der Waals surface area contributed by atoms with Gasteiger partial charge in [0.2, 0.25) is 11.8 Å². The van der Waals surface area contributed by atoms with Crippen molar-refractivity contribution in [1.82, 2.24) is 0 Å². The van der Waals surface area contributed by atoms with Crippen LogP contribution >= 0.6 is 23.4 Å². The maximum atomic E-state index is 12.7. The van der Waals surface area contributed by atoms with Gasteiger partial charge in [-0.1, -0.05) is 48.5 Å². The summed E-state index contributed by atoms with van der Waals surface area (Å²) in [5, 5.41) is 1.98. The first-order valence-corrected chi connectivity index (χ1v) is 11.5. The molecular formula is C25H23ClN2O2S. The number of thioether (sulfide) groups is 1. The molecule has 1 aliphatic heterocycles. The fourth-order valence-electron chi connectivity index (χ4n) is 3.79. The molecule has 0 saturated carbocycles. The predicted molar refractivity (Wildman–Crippen MR) is 129 cm³/mol. The van der Waals surface area contributed by atoms with Crippen LogP contribution in [0.2, 0.25) is 0 Å². The van der Waals surface area contributed by atoms with E-state index in [2.05, 4.69) is 11.4 Å². The van der Waals surface area contributed by atoms with E-state index in [1.165, 1.54) is 0 Å². The fraction of sp³-hybridized carbons (Fsp3) is 0.200. The number of halogens is 1. The van der Waals surface area contributed by atoms with E-state index in [4.69, 9.17) is 11.6 Å². The SMILES string of the molecule is Cc1cc(C)cc(N2C(=O)CSC2c2cccc(NC(=O)C(Cl)c3ccccc3)c2)c1. The molecule has 1 heterocycles. The number of hydrogen-bond donors (Lipinski definition) is 1. The standard InChI is InChI=1S/C25H23ClN2O2S/c1-16-11-17(2)13-21(12-16)28-22(29)15-31-25(28)19-9-6-10-20(14-19)27-24(30)23(26)18-7-4-3-5-8-18/h3-14,23,25H,15H2,1-2H3,(H,27,30). The summed E-state index contributed by atoms with van der Waals surface area (Å²) in [7, 11) is 0. The summed E-state index contributed by atoms with van der Waals surface area (Å²) in [4.78, 5) is 27.2. The molecule has 2 amide bonds. The maximum Gasteiger partial charge on any atom is 0.246 e. The van der Waals surface area contributed by atoms with E-state index < -0.39 is 5.38 Å². The molecule has 3 aromatic rings. The van der Waals surface area contributed by atoms with Gasteiger partial charge in [0.15, 0.2) is 0 Å². The molecule has 0 aliphatic carbocycles. The van der Waals surface area contributed by atoms with Gasteiger partial charge in [-0.2, -0.15) is 0 Å². The predicted octanol–water partition coefficient (Wildman–Crippen LogP) is 6.00. The summed E-state index contributed by atoms with van der Waals surface area (Å²) in [6, 6.07) is 23.0. The first-order chi connectivity index (χ1) is 14.9. The van der Waals surface area contributed by atoms with Crippen LogP contribution in [-0.4, -0.2) is 17.6 Å². The Morgan fingerprint density at radius 1 is 1.03 bits per heavy atom. The summed E-state index contributed by atoms with van der Waals surface area (Å²) in [6.07, 6.45) is 0. The minimum absolute atomic E-state index is 0.0827. The number of hydrogen-bond acceptors (Lipinski definition) is 3. The monoisotopic (exact) mass is 450 g/mol. The second kappa shape index (κ2) is 9.16. The van der Waals surface area contributed by atoms with E-state index in [0.717, 1.165) is 27.9 Å². The Hall–Kier alpha value is -2.76. The lowest BCUT2D eigenvalue weighted by Crippen LogP contribution is -2.28. The molecule has 0 aromatic heterocycles. The highest BCUT2D eigenvalue weighted by Crippen LogP contribution is 2.42. The molecule has 31 heavy (non-hydrogen) atoms. The van der Waals surface area contributed by atoms with E-state index in [1.807, 2.05) is 85.5 Å². The fourth-order valence-corrected chi connectivity index (χ4v) is 5.16. The molecule has 4 nitrogen and oxygen atoms in total. The quantitative estimate of drug-likeness (QED) is 0.485. The van der Waals surface area contributed by atoms with E-state index in [9.17, 15) is 9.59 Å². The van der Waals surface area contributed by atoms with Gasteiger partial charge in [-0.15, -0.1) is 23.4 Å². The maximum absolute atomic E-state index is 12.7. The number of amides is 2.